The first-order valence-corrected chi connectivity index (χ1v) is 5.66. The smallest absolute Gasteiger partial charge is 0.222 e. The van der Waals surface area contributed by atoms with Crippen molar-refractivity contribution >= 4 is 11.7 Å². The zero-order chi connectivity index (χ0) is 12.3. The lowest BCUT2D eigenvalue weighted by atomic mass is 9.99. The molecule has 0 spiro atoms. The number of carbonyl (C=O) groups excluding carboxylic acids is 2. The van der Waals surface area contributed by atoms with Crippen molar-refractivity contribution in [3.63, 3.8) is 0 Å². The van der Waals surface area contributed by atoms with Crippen LogP contribution in [0.1, 0.15) is 35.4 Å². The predicted molar refractivity (Wildman–Crippen MR) is 62.8 cm³/mol. The summed E-state index contributed by atoms with van der Waals surface area (Å²) in [4.78, 5) is 22.7. The zero-order valence-electron chi connectivity index (χ0n) is 9.73. The minimum absolute atomic E-state index is 0.00666. The van der Waals surface area contributed by atoms with Gasteiger partial charge in [0.2, 0.25) is 5.91 Å². The van der Waals surface area contributed by atoms with Gasteiger partial charge in [0.1, 0.15) is 6.10 Å². The third kappa shape index (κ3) is 2.71. The minimum atomic E-state index is -0.235. The molecule has 1 aromatic carbocycles. The Labute approximate surface area is 100.0 Å². The summed E-state index contributed by atoms with van der Waals surface area (Å²) < 4.78 is 5.61. The van der Waals surface area contributed by atoms with Crippen LogP contribution in [0, 0.1) is 0 Å². The molecule has 0 bridgehead atoms. The third-order valence-corrected chi connectivity index (χ3v) is 2.82. The highest BCUT2D eigenvalue weighted by Crippen LogP contribution is 2.23. The number of Topliss-reactive ketones (excluding diaryl/α,β-unsaturated/α-hetero) is 1. The Morgan fingerprint density at radius 1 is 1.41 bits per heavy atom. The van der Waals surface area contributed by atoms with Crippen molar-refractivity contribution in [1.82, 2.24) is 5.32 Å². The first-order chi connectivity index (χ1) is 8.18. The van der Waals surface area contributed by atoms with Gasteiger partial charge in [0, 0.05) is 18.5 Å². The Kier molecular flexibility index (Phi) is 3.54. The molecular formula is C13H15NO3. The van der Waals surface area contributed by atoms with E-state index >= 15 is 0 Å². The molecule has 1 amide bonds. The summed E-state index contributed by atoms with van der Waals surface area (Å²) in [6.45, 7) is 2.35. The molecule has 1 saturated heterocycles. The Morgan fingerprint density at radius 3 is 2.94 bits per heavy atom. The number of ketones is 1. The first kappa shape index (κ1) is 11.8. The molecule has 90 valence electrons. The summed E-state index contributed by atoms with van der Waals surface area (Å²) in [5, 5.41) is 2.78. The van der Waals surface area contributed by atoms with E-state index in [-0.39, 0.29) is 17.8 Å². The molecule has 1 aliphatic heterocycles. The van der Waals surface area contributed by atoms with Crippen molar-refractivity contribution in [2.75, 3.05) is 13.2 Å². The second-order valence-corrected chi connectivity index (χ2v) is 4.06. The Balaban J connectivity index is 2.26. The Morgan fingerprint density at radius 2 is 2.18 bits per heavy atom. The molecule has 4 heteroatoms. The molecule has 0 aliphatic carbocycles. The number of rotatable bonds is 2. The van der Waals surface area contributed by atoms with Crippen LogP contribution in [0.15, 0.2) is 24.3 Å². The van der Waals surface area contributed by atoms with E-state index in [4.69, 9.17) is 4.74 Å². The van der Waals surface area contributed by atoms with Crippen LogP contribution in [0.2, 0.25) is 0 Å². The van der Waals surface area contributed by atoms with Crippen LogP contribution in [0.25, 0.3) is 0 Å². The van der Waals surface area contributed by atoms with Gasteiger partial charge in [-0.25, -0.2) is 0 Å². The van der Waals surface area contributed by atoms with E-state index in [1.165, 1.54) is 6.92 Å². The molecule has 17 heavy (non-hydrogen) atoms. The summed E-state index contributed by atoms with van der Waals surface area (Å²) in [6.07, 6.45) is 0.139. The number of hydrogen-bond donors (Lipinski definition) is 1. The van der Waals surface area contributed by atoms with Crippen LogP contribution >= 0.6 is 0 Å². The van der Waals surface area contributed by atoms with E-state index in [0.29, 0.717) is 25.1 Å². The van der Waals surface area contributed by atoms with Crippen molar-refractivity contribution in [3.05, 3.63) is 35.4 Å². The maximum absolute atomic E-state index is 11.5. The van der Waals surface area contributed by atoms with Crippen molar-refractivity contribution in [2.45, 2.75) is 19.4 Å². The number of benzene rings is 1. The SMILES string of the molecule is CC(=O)c1ccccc1C1CNC(=O)CCO1. The summed E-state index contributed by atoms with van der Waals surface area (Å²) in [5.74, 6) is 0.00702. The van der Waals surface area contributed by atoms with E-state index < -0.39 is 0 Å². The number of amides is 1. The third-order valence-electron chi connectivity index (χ3n) is 2.82. The van der Waals surface area contributed by atoms with Crippen molar-refractivity contribution in [1.29, 1.82) is 0 Å². The van der Waals surface area contributed by atoms with Crippen molar-refractivity contribution in [2.24, 2.45) is 0 Å². The number of carbonyl (C=O) groups is 2. The fourth-order valence-corrected chi connectivity index (χ4v) is 1.95. The molecule has 1 aromatic rings. The lowest BCUT2D eigenvalue weighted by molar-refractivity contribution is -0.120. The fourth-order valence-electron chi connectivity index (χ4n) is 1.95. The quantitative estimate of drug-likeness (QED) is 0.787. The topological polar surface area (TPSA) is 55.4 Å². The molecule has 0 aromatic heterocycles. The summed E-state index contributed by atoms with van der Waals surface area (Å²) in [7, 11) is 0. The van der Waals surface area contributed by atoms with E-state index in [9.17, 15) is 9.59 Å². The van der Waals surface area contributed by atoms with E-state index in [1.807, 2.05) is 18.2 Å². The summed E-state index contributed by atoms with van der Waals surface area (Å²) in [5.41, 5.74) is 1.51. The van der Waals surface area contributed by atoms with Gasteiger partial charge in [0.15, 0.2) is 5.78 Å². The predicted octanol–water partition coefficient (Wildman–Crippen LogP) is 1.47. The van der Waals surface area contributed by atoms with Gasteiger partial charge in [0.05, 0.1) is 6.61 Å². The van der Waals surface area contributed by atoms with Gasteiger partial charge in [-0.15, -0.1) is 0 Å². The highest BCUT2D eigenvalue weighted by atomic mass is 16.5. The Hall–Kier alpha value is -1.68. The standard InChI is InChI=1S/C13H15NO3/c1-9(15)10-4-2-3-5-11(10)12-8-14-13(16)6-7-17-12/h2-5,12H,6-8H2,1H3,(H,14,16). The van der Waals surface area contributed by atoms with Crippen molar-refractivity contribution in [3.8, 4) is 0 Å². The van der Waals surface area contributed by atoms with Gasteiger partial charge in [-0.05, 0) is 12.5 Å². The number of ether oxygens (including phenoxy) is 1. The first-order valence-electron chi connectivity index (χ1n) is 5.66. The largest absolute Gasteiger partial charge is 0.371 e. The van der Waals surface area contributed by atoms with Gasteiger partial charge < -0.3 is 10.1 Å². The summed E-state index contributed by atoms with van der Waals surface area (Å²) >= 11 is 0. The maximum Gasteiger partial charge on any atom is 0.222 e. The van der Waals surface area contributed by atoms with E-state index in [2.05, 4.69) is 5.32 Å². The monoisotopic (exact) mass is 233 g/mol. The molecule has 2 rings (SSSR count). The van der Waals surface area contributed by atoms with Crippen LogP contribution < -0.4 is 5.32 Å². The Bertz CT molecular complexity index is 442. The van der Waals surface area contributed by atoms with Gasteiger partial charge in [0.25, 0.3) is 0 Å². The second-order valence-electron chi connectivity index (χ2n) is 4.06. The van der Waals surface area contributed by atoms with Gasteiger partial charge in [-0.3, -0.25) is 9.59 Å². The zero-order valence-corrected chi connectivity index (χ0v) is 9.73. The minimum Gasteiger partial charge on any atom is -0.371 e. The van der Waals surface area contributed by atoms with Crippen LogP contribution in [-0.4, -0.2) is 24.8 Å². The lowest BCUT2D eigenvalue weighted by Gasteiger charge is -2.17. The highest BCUT2D eigenvalue weighted by Gasteiger charge is 2.21. The normalized spacial score (nSPS) is 20.5. The maximum atomic E-state index is 11.5. The number of hydrogen-bond acceptors (Lipinski definition) is 3. The van der Waals surface area contributed by atoms with Crippen molar-refractivity contribution < 1.29 is 14.3 Å². The lowest BCUT2D eigenvalue weighted by Crippen LogP contribution is -2.25. The molecule has 0 radical (unpaired) electrons. The highest BCUT2D eigenvalue weighted by molar-refractivity contribution is 5.95. The molecule has 1 heterocycles. The van der Waals surface area contributed by atoms with Crippen LogP contribution in [-0.2, 0) is 9.53 Å². The average Bonchev–Trinajstić information content (AvgIpc) is 2.54. The summed E-state index contributed by atoms with van der Waals surface area (Å²) in [6, 6.07) is 7.36. The average molecular weight is 233 g/mol. The molecule has 0 saturated carbocycles. The number of nitrogens with one attached hydrogen (secondary N) is 1. The second kappa shape index (κ2) is 5.10. The molecular weight excluding hydrogens is 218 g/mol. The fraction of sp³-hybridized carbons (Fsp3) is 0.385. The molecule has 1 N–H and O–H groups in total. The molecule has 1 fully saturated rings. The van der Waals surface area contributed by atoms with E-state index in [1.54, 1.807) is 6.07 Å². The van der Waals surface area contributed by atoms with Crippen LogP contribution in [0.3, 0.4) is 0 Å². The van der Waals surface area contributed by atoms with Gasteiger partial charge in [-0.1, -0.05) is 24.3 Å². The van der Waals surface area contributed by atoms with E-state index in [0.717, 1.165) is 5.56 Å². The van der Waals surface area contributed by atoms with Gasteiger partial charge in [-0.2, -0.15) is 0 Å². The van der Waals surface area contributed by atoms with Gasteiger partial charge >= 0.3 is 0 Å². The molecule has 1 unspecified atom stereocenters. The molecule has 1 atom stereocenters. The molecule has 1 aliphatic rings. The van der Waals surface area contributed by atoms with Crippen LogP contribution in [0.5, 0.6) is 0 Å². The van der Waals surface area contributed by atoms with Crippen LogP contribution in [0.4, 0.5) is 0 Å². The molecule has 4 nitrogen and oxygen atoms in total.